The van der Waals surface area contributed by atoms with E-state index in [9.17, 15) is 13.6 Å². The smallest absolute Gasteiger partial charge is 0.338 e. The van der Waals surface area contributed by atoms with Crippen molar-refractivity contribution < 1.29 is 18.3 Å². The molecule has 0 aliphatic carbocycles. The van der Waals surface area contributed by atoms with E-state index in [0.29, 0.717) is 0 Å². The van der Waals surface area contributed by atoms with Crippen molar-refractivity contribution >= 4 is 5.97 Å². The van der Waals surface area contributed by atoms with E-state index < -0.39 is 18.5 Å². The Kier molecular flexibility index (Phi) is 1.58. The number of halogens is 2. The summed E-state index contributed by atoms with van der Waals surface area (Å²) in [5, 5.41) is 0. The van der Waals surface area contributed by atoms with Crippen LogP contribution >= 0.6 is 0 Å². The van der Waals surface area contributed by atoms with Gasteiger partial charge >= 0.3 is 11.9 Å². The third kappa shape index (κ3) is 1.18. The molecule has 0 bridgehead atoms. The number of carbonyl (C=O) groups is 1. The molecule has 0 amide bonds. The number of benzene rings is 1. The Morgan fingerprint density at radius 2 is 2.00 bits per heavy atom. The van der Waals surface area contributed by atoms with Crippen LogP contribution in [0.1, 0.15) is 15.9 Å². The summed E-state index contributed by atoms with van der Waals surface area (Å²) in [5.41, 5.74) is -0.287. The van der Waals surface area contributed by atoms with Crippen molar-refractivity contribution in [3.8, 4) is 0 Å². The molecular formula is C9H6F2O2. The maximum atomic E-state index is 13.1. The van der Waals surface area contributed by atoms with Gasteiger partial charge in [0.2, 0.25) is 0 Å². The molecule has 4 heteroatoms. The van der Waals surface area contributed by atoms with Crippen LogP contribution < -0.4 is 0 Å². The van der Waals surface area contributed by atoms with Gasteiger partial charge in [-0.1, -0.05) is 18.2 Å². The van der Waals surface area contributed by atoms with Gasteiger partial charge in [0.1, 0.15) is 0 Å². The summed E-state index contributed by atoms with van der Waals surface area (Å²) in [7, 11) is 0. The van der Waals surface area contributed by atoms with E-state index in [2.05, 4.69) is 4.74 Å². The van der Waals surface area contributed by atoms with Crippen LogP contribution in [-0.2, 0) is 10.7 Å². The van der Waals surface area contributed by atoms with Crippen LogP contribution in [0, 0.1) is 0 Å². The summed E-state index contributed by atoms with van der Waals surface area (Å²) in [6.45, 7) is -0.858. The maximum Gasteiger partial charge on any atom is 0.338 e. The van der Waals surface area contributed by atoms with E-state index in [-0.39, 0.29) is 11.1 Å². The van der Waals surface area contributed by atoms with Crippen LogP contribution in [0.5, 0.6) is 0 Å². The summed E-state index contributed by atoms with van der Waals surface area (Å²) >= 11 is 0. The predicted octanol–water partition coefficient (Wildman–Crippen LogP) is 1.95. The fourth-order valence-corrected chi connectivity index (χ4v) is 1.29. The molecule has 1 aliphatic heterocycles. The van der Waals surface area contributed by atoms with Crippen LogP contribution in [-0.4, -0.2) is 12.6 Å². The largest absolute Gasteiger partial charge is 0.455 e. The molecule has 1 aromatic rings. The second kappa shape index (κ2) is 2.52. The molecule has 2 rings (SSSR count). The minimum atomic E-state index is -3.05. The molecule has 0 spiro atoms. The molecule has 0 N–H and O–H groups in total. The number of fused-ring (bicyclic) bond motifs is 1. The summed E-state index contributed by atoms with van der Waals surface area (Å²) in [6.07, 6.45) is 0. The molecule has 1 aliphatic rings. The van der Waals surface area contributed by atoms with Gasteiger partial charge in [0, 0.05) is 5.56 Å². The van der Waals surface area contributed by atoms with Gasteiger partial charge in [0.25, 0.3) is 0 Å². The average Bonchev–Trinajstić information content (AvgIpc) is 2.13. The Bertz CT molecular complexity index is 360. The topological polar surface area (TPSA) is 26.3 Å². The molecule has 1 aromatic carbocycles. The van der Waals surface area contributed by atoms with Crippen LogP contribution in [0.2, 0.25) is 0 Å². The highest BCUT2D eigenvalue weighted by Gasteiger charge is 2.41. The van der Waals surface area contributed by atoms with Crippen molar-refractivity contribution in [2.24, 2.45) is 0 Å². The minimum absolute atomic E-state index is 0.0428. The summed E-state index contributed by atoms with van der Waals surface area (Å²) in [6, 6.07) is 5.59. The SMILES string of the molecule is O=C1OCC(F)(F)c2ccccc21. The molecule has 2 nitrogen and oxygen atoms in total. The van der Waals surface area contributed by atoms with Gasteiger partial charge in [0.15, 0.2) is 6.61 Å². The Labute approximate surface area is 73.1 Å². The lowest BCUT2D eigenvalue weighted by Crippen LogP contribution is -2.31. The summed E-state index contributed by atoms with van der Waals surface area (Å²) < 4.78 is 30.5. The molecule has 0 fully saturated rings. The van der Waals surface area contributed by atoms with E-state index in [1.54, 1.807) is 0 Å². The third-order valence-corrected chi connectivity index (χ3v) is 1.93. The van der Waals surface area contributed by atoms with Gasteiger partial charge in [-0.2, -0.15) is 8.78 Å². The average molecular weight is 184 g/mol. The zero-order chi connectivity index (χ0) is 9.47. The van der Waals surface area contributed by atoms with Crippen molar-refractivity contribution in [3.05, 3.63) is 35.4 Å². The van der Waals surface area contributed by atoms with Crippen molar-refractivity contribution in [2.75, 3.05) is 6.61 Å². The lowest BCUT2D eigenvalue weighted by atomic mass is 10.00. The Balaban J connectivity index is 2.61. The van der Waals surface area contributed by atoms with Crippen LogP contribution in [0.3, 0.4) is 0 Å². The van der Waals surface area contributed by atoms with Crippen LogP contribution in [0.4, 0.5) is 8.78 Å². The highest BCUT2D eigenvalue weighted by molar-refractivity contribution is 5.92. The molecule has 0 unspecified atom stereocenters. The van der Waals surface area contributed by atoms with Crippen LogP contribution in [0.25, 0.3) is 0 Å². The zero-order valence-electron chi connectivity index (χ0n) is 6.59. The minimum Gasteiger partial charge on any atom is -0.455 e. The zero-order valence-corrected chi connectivity index (χ0v) is 6.59. The summed E-state index contributed by atoms with van der Waals surface area (Å²) in [5.74, 6) is -3.73. The monoisotopic (exact) mass is 184 g/mol. The van der Waals surface area contributed by atoms with Crippen molar-refractivity contribution in [1.82, 2.24) is 0 Å². The molecule has 0 saturated heterocycles. The first kappa shape index (κ1) is 8.16. The number of rotatable bonds is 0. The second-order valence-electron chi connectivity index (χ2n) is 2.83. The summed E-state index contributed by atoms with van der Waals surface area (Å²) in [4.78, 5) is 11.0. The van der Waals surface area contributed by atoms with Crippen molar-refractivity contribution in [1.29, 1.82) is 0 Å². The Morgan fingerprint density at radius 3 is 2.69 bits per heavy atom. The van der Waals surface area contributed by atoms with Gasteiger partial charge in [-0.15, -0.1) is 0 Å². The van der Waals surface area contributed by atoms with Gasteiger partial charge in [-0.25, -0.2) is 4.79 Å². The lowest BCUT2D eigenvalue weighted by Gasteiger charge is -2.23. The van der Waals surface area contributed by atoms with Crippen LogP contribution in [0.15, 0.2) is 24.3 Å². The lowest BCUT2D eigenvalue weighted by molar-refractivity contribution is -0.0759. The molecule has 68 valence electrons. The normalized spacial score (nSPS) is 19.1. The highest BCUT2D eigenvalue weighted by Crippen LogP contribution is 2.34. The van der Waals surface area contributed by atoms with Gasteiger partial charge in [0.05, 0.1) is 5.56 Å². The first-order chi connectivity index (χ1) is 6.11. The number of hydrogen-bond donors (Lipinski definition) is 0. The Hall–Kier alpha value is -1.45. The number of alkyl halides is 2. The van der Waals surface area contributed by atoms with E-state index in [1.807, 2.05) is 0 Å². The van der Waals surface area contributed by atoms with E-state index in [0.717, 1.165) is 0 Å². The fraction of sp³-hybridized carbons (Fsp3) is 0.222. The molecule has 1 heterocycles. The number of hydrogen-bond acceptors (Lipinski definition) is 2. The maximum absolute atomic E-state index is 13.1. The van der Waals surface area contributed by atoms with E-state index in [1.165, 1.54) is 24.3 Å². The van der Waals surface area contributed by atoms with E-state index >= 15 is 0 Å². The third-order valence-electron chi connectivity index (χ3n) is 1.93. The molecule has 13 heavy (non-hydrogen) atoms. The quantitative estimate of drug-likeness (QED) is 0.576. The Morgan fingerprint density at radius 1 is 1.31 bits per heavy atom. The van der Waals surface area contributed by atoms with Gasteiger partial charge in [-0.3, -0.25) is 0 Å². The molecule has 0 aromatic heterocycles. The molecule has 0 radical (unpaired) electrons. The number of cyclic esters (lactones) is 1. The first-order valence-electron chi connectivity index (χ1n) is 3.76. The van der Waals surface area contributed by atoms with Gasteiger partial charge in [-0.05, 0) is 6.07 Å². The molecule has 0 atom stereocenters. The number of esters is 1. The standard InChI is InChI=1S/C9H6F2O2/c10-9(11)5-13-8(12)6-3-1-2-4-7(6)9/h1-4H,5H2. The predicted molar refractivity (Wildman–Crippen MR) is 40.6 cm³/mol. The second-order valence-corrected chi connectivity index (χ2v) is 2.83. The number of carbonyl (C=O) groups excluding carboxylic acids is 1. The fourth-order valence-electron chi connectivity index (χ4n) is 1.29. The van der Waals surface area contributed by atoms with Crippen molar-refractivity contribution in [3.63, 3.8) is 0 Å². The molecular weight excluding hydrogens is 178 g/mol. The van der Waals surface area contributed by atoms with Gasteiger partial charge < -0.3 is 4.74 Å². The van der Waals surface area contributed by atoms with Crippen molar-refractivity contribution in [2.45, 2.75) is 5.92 Å². The first-order valence-corrected chi connectivity index (χ1v) is 3.76. The van der Waals surface area contributed by atoms with E-state index in [4.69, 9.17) is 0 Å². The highest BCUT2D eigenvalue weighted by atomic mass is 19.3. The molecule has 0 saturated carbocycles. The number of ether oxygens (including phenoxy) is 1.